The number of hydrogen-bond donors (Lipinski definition) is 3. The number of amides is 2. The molecule has 0 bridgehead atoms. The van der Waals surface area contributed by atoms with Gasteiger partial charge in [-0.15, -0.1) is 0 Å². The predicted molar refractivity (Wildman–Crippen MR) is 75.8 cm³/mol. The Hall–Kier alpha value is -1.56. The summed E-state index contributed by atoms with van der Waals surface area (Å²) in [5, 5.41) is 14.0. The van der Waals surface area contributed by atoms with Crippen molar-refractivity contribution in [3.63, 3.8) is 0 Å². The van der Waals surface area contributed by atoms with E-state index in [0.717, 1.165) is 10.0 Å². The minimum absolute atomic E-state index is 0.339. The highest BCUT2D eigenvalue weighted by Gasteiger charge is 2.18. The first kappa shape index (κ1) is 15.5. The fraction of sp³-hybridized carbons (Fsp3) is 0.385. The number of rotatable bonds is 6. The van der Waals surface area contributed by atoms with E-state index in [9.17, 15) is 9.59 Å². The highest BCUT2D eigenvalue weighted by Crippen LogP contribution is 2.15. The van der Waals surface area contributed by atoms with Gasteiger partial charge in [0.15, 0.2) is 0 Å². The summed E-state index contributed by atoms with van der Waals surface area (Å²) < 4.78 is 0.902. The molecule has 1 rings (SSSR count). The Morgan fingerprint density at radius 1 is 1.37 bits per heavy atom. The zero-order chi connectivity index (χ0) is 14.3. The van der Waals surface area contributed by atoms with Crippen molar-refractivity contribution in [1.82, 2.24) is 10.6 Å². The summed E-state index contributed by atoms with van der Waals surface area (Å²) in [6.07, 6.45) is 1.11. The Morgan fingerprint density at radius 2 is 2.05 bits per heavy atom. The molecule has 0 saturated heterocycles. The van der Waals surface area contributed by atoms with Gasteiger partial charge in [0.2, 0.25) is 0 Å². The first-order valence-electron chi connectivity index (χ1n) is 6.05. The van der Waals surface area contributed by atoms with Crippen LogP contribution in [0.25, 0.3) is 0 Å². The molecule has 0 heterocycles. The number of carboxylic acid groups (broad SMARTS) is 1. The molecule has 0 aliphatic heterocycles. The van der Waals surface area contributed by atoms with Gasteiger partial charge in [0.25, 0.3) is 0 Å². The maximum absolute atomic E-state index is 11.6. The van der Waals surface area contributed by atoms with Crippen molar-refractivity contribution < 1.29 is 14.7 Å². The highest BCUT2D eigenvalue weighted by molar-refractivity contribution is 9.10. The monoisotopic (exact) mass is 328 g/mol. The minimum atomic E-state index is -1.02. The van der Waals surface area contributed by atoms with Gasteiger partial charge in [0.1, 0.15) is 6.04 Å². The fourth-order valence-corrected chi connectivity index (χ4v) is 2.00. The van der Waals surface area contributed by atoms with E-state index in [0.29, 0.717) is 19.4 Å². The minimum Gasteiger partial charge on any atom is -0.480 e. The second-order valence-electron chi connectivity index (χ2n) is 4.10. The van der Waals surface area contributed by atoms with Crippen LogP contribution >= 0.6 is 15.9 Å². The zero-order valence-electron chi connectivity index (χ0n) is 10.6. The summed E-state index contributed by atoms with van der Waals surface area (Å²) in [6.45, 7) is 2.21. The molecule has 19 heavy (non-hydrogen) atoms. The van der Waals surface area contributed by atoms with Crippen LogP contribution < -0.4 is 10.6 Å². The Morgan fingerprint density at radius 3 is 2.63 bits per heavy atom. The molecule has 0 aliphatic rings. The average Bonchev–Trinajstić information content (AvgIpc) is 2.37. The molecular weight excluding hydrogens is 312 g/mol. The van der Waals surface area contributed by atoms with E-state index in [4.69, 9.17) is 5.11 Å². The Labute approximate surface area is 120 Å². The number of nitrogens with one attached hydrogen (secondary N) is 2. The van der Waals surface area contributed by atoms with E-state index < -0.39 is 18.0 Å². The number of carboxylic acids is 1. The number of aliphatic carboxylic acids is 1. The van der Waals surface area contributed by atoms with Gasteiger partial charge in [0, 0.05) is 11.0 Å². The van der Waals surface area contributed by atoms with Crippen LogP contribution in [0.5, 0.6) is 0 Å². The van der Waals surface area contributed by atoms with Crippen LogP contribution in [0.2, 0.25) is 0 Å². The van der Waals surface area contributed by atoms with Gasteiger partial charge in [-0.2, -0.15) is 0 Å². The van der Waals surface area contributed by atoms with Crippen molar-refractivity contribution in [3.05, 3.63) is 34.3 Å². The summed E-state index contributed by atoms with van der Waals surface area (Å²) in [4.78, 5) is 22.5. The summed E-state index contributed by atoms with van der Waals surface area (Å²) in [5.74, 6) is -1.02. The van der Waals surface area contributed by atoms with Crippen molar-refractivity contribution in [1.29, 1.82) is 0 Å². The number of hydrogen-bond acceptors (Lipinski definition) is 2. The van der Waals surface area contributed by atoms with Crippen LogP contribution in [0, 0.1) is 0 Å². The topological polar surface area (TPSA) is 78.4 Å². The molecule has 0 unspecified atom stereocenters. The van der Waals surface area contributed by atoms with E-state index in [-0.39, 0.29) is 0 Å². The first-order chi connectivity index (χ1) is 9.04. The molecule has 1 aromatic carbocycles. The Balaban J connectivity index is 2.47. The molecular formula is C13H17BrN2O3. The second kappa shape index (κ2) is 7.78. The third-order valence-electron chi connectivity index (χ3n) is 2.58. The summed E-state index contributed by atoms with van der Waals surface area (Å²) in [7, 11) is 0. The molecule has 0 spiro atoms. The van der Waals surface area contributed by atoms with Gasteiger partial charge in [-0.1, -0.05) is 47.5 Å². The standard InChI is InChI=1S/C13H17BrN2O3/c1-2-5-11(12(17)18)16-13(19)15-8-9-6-3-4-7-10(9)14/h3-4,6-7,11H,2,5,8H2,1H3,(H,17,18)(H2,15,16,19)/t11-/m0/s1. The number of urea groups is 1. The number of halogens is 1. The lowest BCUT2D eigenvalue weighted by atomic mass is 10.2. The van der Waals surface area contributed by atoms with Crippen LogP contribution in [-0.2, 0) is 11.3 Å². The normalized spacial score (nSPS) is 11.7. The van der Waals surface area contributed by atoms with E-state index >= 15 is 0 Å². The maximum atomic E-state index is 11.6. The van der Waals surface area contributed by atoms with E-state index in [2.05, 4.69) is 26.6 Å². The van der Waals surface area contributed by atoms with Gasteiger partial charge in [-0.25, -0.2) is 9.59 Å². The molecule has 0 radical (unpaired) electrons. The summed E-state index contributed by atoms with van der Waals surface area (Å²) in [5.41, 5.74) is 0.931. The molecule has 104 valence electrons. The van der Waals surface area contributed by atoms with Gasteiger partial charge in [-0.05, 0) is 18.1 Å². The smallest absolute Gasteiger partial charge is 0.326 e. The number of carbonyl (C=O) groups excluding carboxylic acids is 1. The molecule has 5 nitrogen and oxygen atoms in total. The predicted octanol–water partition coefficient (Wildman–Crippen LogP) is 2.50. The van der Waals surface area contributed by atoms with Gasteiger partial charge >= 0.3 is 12.0 Å². The van der Waals surface area contributed by atoms with Crippen LogP contribution in [-0.4, -0.2) is 23.1 Å². The lowest BCUT2D eigenvalue weighted by Gasteiger charge is -2.14. The first-order valence-corrected chi connectivity index (χ1v) is 6.84. The summed E-state index contributed by atoms with van der Waals surface area (Å²) >= 11 is 3.38. The molecule has 3 N–H and O–H groups in total. The number of carbonyl (C=O) groups is 2. The molecule has 0 fully saturated rings. The lowest BCUT2D eigenvalue weighted by molar-refractivity contribution is -0.139. The molecule has 0 saturated carbocycles. The van der Waals surface area contributed by atoms with Crippen molar-refractivity contribution >= 4 is 27.9 Å². The Kier molecular flexibility index (Phi) is 6.35. The highest BCUT2D eigenvalue weighted by atomic mass is 79.9. The quantitative estimate of drug-likeness (QED) is 0.750. The average molecular weight is 329 g/mol. The van der Waals surface area contributed by atoms with Crippen molar-refractivity contribution in [2.24, 2.45) is 0 Å². The fourth-order valence-electron chi connectivity index (χ4n) is 1.57. The van der Waals surface area contributed by atoms with Gasteiger partial charge < -0.3 is 15.7 Å². The molecule has 0 aliphatic carbocycles. The SMILES string of the molecule is CCC[C@H](NC(=O)NCc1ccccc1Br)C(=O)O. The molecule has 1 aromatic rings. The van der Waals surface area contributed by atoms with Crippen LogP contribution in [0.15, 0.2) is 28.7 Å². The van der Waals surface area contributed by atoms with Crippen molar-refractivity contribution in [3.8, 4) is 0 Å². The van der Waals surface area contributed by atoms with Crippen molar-refractivity contribution in [2.75, 3.05) is 0 Å². The maximum Gasteiger partial charge on any atom is 0.326 e. The van der Waals surface area contributed by atoms with Crippen LogP contribution in [0.4, 0.5) is 4.79 Å². The molecule has 0 aromatic heterocycles. The van der Waals surface area contributed by atoms with Crippen molar-refractivity contribution in [2.45, 2.75) is 32.4 Å². The van der Waals surface area contributed by atoms with Gasteiger partial charge in [0.05, 0.1) is 0 Å². The third kappa shape index (κ3) is 5.30. The van der Waals surface area contributed by atoms with Crippen LogP contribution in [0.1, 0.15) is 25.3 Å². The van der Waals surface area contributed by atoms with E-state index in [1.54, 1.807) is 0 Å². The summed E-state index contributed by atoms with van der Waals surface area (Å²) in [6, 6.07) is 6.20. The largest absolute Gasteiger partial charge is 0.480 e. The number of benzene rings is 1. The Bertz CT molecular complexity index is 451. The molecule has 2 amide bonds. The third-order valence-corrected chi connectivity index (χ3v) is 3.35. The second-order valence-corrected chi connectivity index (χ2v) is 4.95. The lowest BCUT2D eigenvalue weighted by Crippen LogP contribution is -2.45. The van der Waals surface area contributed by atoms with E-state index in [1.807, 2.05) is 31.2 Å². The molecule has 6 heteroatoms. The zero-order valence-corrected chi connectivity index (χ0v) is 12.2. The van der Waals surface area contributed by atoms with E-state index in [1.165, 1.54) is 0 Å². The molecule has 1 atom stereocenters. The van der Waals surface area contributed by atoms with Crippen LogP contribution in [0.3, 0.4) is 0 Å². The van der Waals surface area contributed by atoms with Gasteiger partial charge in [-0.3, -0.25) is 0 Å².